The Bertz CT molecular complexity index is 499. The molecule has 20 heavy (non-hydrogen) atoms. The zero-order chi connectivity index (χ0) is 13.5. The third-order valence-corrected chi connectivity index (χ3v) is 4.65. The van der Waals surface area contributed by atoms with Gasteiger partial charge in [0.2, 0.25) is 6.79 Å². The molecule has 108 valence electrons. The average Bonchev–Trinajstić information content (AvgIpc) is 3.12. The Kier molecular flexibility index (Phi) is 2.99. The van der Waals surface area contributed by atoms with E-state index in [4.69, 9.17) is 15.2 Å². The van der Waals surface area contributed by atoms with E-state index in [-0.39, 0.29) is 6.04 Å². The van der Waals surface area contributed by atoms with Crippen LogP contribution in [0.3, 0.4) is 0 Å². The molecule has 1 aromatic carbocycles. The van der Waals surface area contributed by atoms with Crippen LogP contribution < -0.4 is 20.1 Å². The fourth-order valence-electron chi connectivity index (χ4n) is 3.53. The number of hydrogen-bond acceptors (Lipinski definition) is 4. The van der Waals surface area contributed by atoms with Crippen molar-refractivity contribution in [2.24, 2.45) is 17.6 Å². The van der Waals surface area contributed by atoms with Crippen molar-refractivity contribution in [2.45, 2.75) is 31.7 Å². The van der Waals surface area contributed by atoms with Crippen molar-refractivity contribution < 1.29 is 9.47 Å². The second-order valence-electron chi connectivity index (χ2n) is 6.48. The van der Waals surface area contributed by atoms with Crippen LogP contribution in [0, 0.1) is 11.8 Å². The molecule has 0 spiro atoms. The molecule has 2 N–H and O–H groups in total. The van der Waals surface area contributed by atoms with Crippen LogP contribution in [0.1, 0.15) is 25.7 Å². The Balaban J connectivity index is 1.51. The van der Waals surface area contributed by atoms with Crippen LogP contribution in [0.15, 0.2) is 18.2 Å². The van der Waals surface area contributed by atoms with Gasteiger partial charge in [-0.15, -0.1) is 0 Å². The Morgan fingerprint density at radius 3 is 2.80 bits per heavy atom. The molecule has 0 aromatic heterocycles. The van der Waals surface area contributed by atoms with Crippen LogP contribution in [0.25, 0.3) is 0 Å². The minimum Gasteiger partial charge on any atom is -0.454 e. The summed E-state index contributed by atoms with van der Waals surface area (Å²) < 4.78 is 10.9. The van der Waals surface area contributed by atoms with Gasteiger partial charge in [0, 0.05) is 30.9 Å². The van der Waals surface area contributed by atoms with Gasteiger partial charge in [-0.1, -0.05) is 12.8 Å². The van der Waals surface area contributed by atoms with E-state index < -0.39 is 0 Å². The number of fused-ring (bicyclic) bond motifs is 1. The van der Waals surface area contributed by atoms with Gasteiger partial charge in [0.15, 0.2) is 11.5 Å². The maximum Gasteiger partial charge on any atom is 0.231 e. The smallest absolute Gasteiger partial charge is 0.231 e. The minimum atomic E-state index is 0.290. The molecule has 2 aliphatic heterocycles. The van der Waals surface area contributed by atoms with Crippen LogP contribution in [0.2, 0.25) is 0 Å². The van der Waals surface area contributed by atoms with Gasteiger partial charge in [-0.25, -0.2) is 0 Å². The van der Waals surface area contributed by atoms with Crippen LogP contribution in [0.5, 0.6) is 11.5 Å². The van der Waals surface area contributed by atoms with E-state index in [2.05, 4.69) is 17.0 Å². The molecule has 1 saturated heterocycles. The van der Waals surface area contributed by atoms with E-state index in [9.17, 15) is 0 Å². The van der Waals surface area contributed by atoms with E-state index >= 15 is 0 Å². The van der Waals surface area contributed by atoms with Gasteiger partial charge in [0.25, 0.3) is 0 Å². The highest BCUT2D eigenvalue weighted by Gasteiger charge is 2.31. The van der Waals surface area contributed by atoms with Crippen LogP contribution >= 0.6 is 0 Å². The van der Waals surface area contributed by atoms with Crippen molar-refractivity contribution in [3.05, 3.63) is 18.2 Å². The average molecular weight is 274 g/mol. The Morgan fingerprint density at radius 1 is 1.10 bits per heavy atom. The van der Waals surface area contributed by atoms with Crippen molar-refractivity contribution >= 4 is 5.69 Å². The van der Waals surface area contributed by atoms with E-state index in [0.717, 1.165) is 36.4 Å². The number of nitrogens with two attached hydrogens (primary N) is 1. The molecule has 1 aliphatic carbocycles. The zero-order valence-corrected chi connectivity index (χ0v) is 11.8. The third kappa shape index (κ3) is 2.44. The predicted molar refractivity (Wildman–Crippen MR) is 78.2 cm³/mol. The van der Waals surface area contributed by atoms with Gasteiger partial charge in [0.1, 0.15) is 0 Å². The van der Waals surface area contributed by atoms with Crippen molar-refractivity contribution in [1.82, 2.24) is 0 Å². The first-order chi connectivity index (χ1) is 9.78. The lowest BCUT2D eigenvalue weighted by Gasteiger charge is -2.38. The van der Waals surface area contributed by atoms with Crippen molar-refractivity contribution in [2.75, 3.05) is 24.8 Å². The maximum absolute atomic E-state index is 6.26. The lowest BCUT2D eigenvalue weighted by Crippen LogP contribution is -2.47. The van der Waals surface area contributed by atoms with Gasteiger partial charge in [-0.2, -0.15) is 0 Å². The molecule has 1 aromatic rings. The second-order valence-corrected chi connectivity index (χ2v) is 6.48. The summed E-state index contributed by atoms with van der Waals surface area (Å²) in [5.74, 6) is 3.44. The second kappa shape index (κ2) is 4.85. The molecule has 4 rings (SSSR count). The Hall–Kier alpha value is -1.42. The normalized spacial score (nSPS) is 28.8. The van der Waals surface area contributed by atoms with Crippen molar-refractivity contribution in [3.63, 3.8) is 0 Å². The van der Waals surface area contributed by atoms with Gasteiger partial charge < -0.3 is 20.1 Å². The van der Waals surface area contributed by atoms with Gasteiger partial charge in [-0.05, 0) is 36.8 Å². The molecule has 4 nitrogen and oxygen atoms in total. The van der Waals surface area contributed by atoms with Crippen molar-refractivity contribution in [3.8, 4) is 11.5 Å². The predicted octanol–water partition coefficient (Wildman–Crippen LogP) is 2.37. The standard InChI is InChI=1S/C16H22N2O2/c17-13-6-12(5-11-1-2-11)8-18(9-13)14-3-4-15-16(7-14)20-10-19-15/h3-4,7,11-13H,1-2,5-6,8-10,17H2. The number of rotatable bonds is 3. The molecule has 2 fully saturated rings. The quantitative estimate of drug-likeness (QED) is 0.919. The fourth-order valence-corrected chi connectivity index (χ4v) is 3.53. The van der Waals surface area contributed by atoms with Crippen LogP contribution in [-0.2, 0) is 0 Å². The number of nitrogens with zero attached hydrogens (tertiary/aromatic N) is 1. The van der Waals surface area contributed by atoms with Crippen molar-refractivity contribution in [1.29, 1.82) is 0 Å². The number of anilines is 1. The molecule has 2 atom stereocenters. The fraction of sp³-hybridized carbons (Fsp3) is 0.625. The summed E-state index contributed by atoms with van der Waals surface area (Å²) in [7, 11) is 0. The maximum atomic E-state index is 6.26. The van der Waals surface area contributed by atoms with E-state index in [1.165, 1.54) is 31.4 Å². The first kappa shape index (κ1) is 12.3. The molecule has 0 radical (unpaired) electrons. The molecule has 1 saturated carbocycles. The minimum absolute atomic E-state index is 0.290. The first-order valence-corrected chi connectivity index (χ1v) is 7.68. The largest absolute Gasteiger partial charge is 0.454 e. The SMILES string of the molecule is NC1CC(CC2CC2)CN(c2ccc3c(c2)OCO3)C1. The lowest BCUT2D eigenvalue weighted by atomic mass is 9.90. The molecule has 3 aliphatic rings. The number of piperidine rings is 1. The monoisotopic (exact) mass is 274 g/mol. The van der Waals surface area contributed by atoms with Crippen LogP contribution in [-0.4, -0.2) is 25.9 Å². The summed E-state index contributed by atoms with van der Waals surface area (Å²) in [6, 6.07) is 6.51. The third-order valence-electron chi connectivity index (χ3n) is 4.65. The number of benzene rings is 1. The lowest BCUT2D eigenvalue weighted by molar-refractivity contribution is 0.174. The summed E-state index contributed by atoms with van der Waals surface area (Å²) in [5, 5.41) is 0. The highest BCUT2D eigenvalue weighted by atomic mass is 16.7. The summed E-state index contributed by atoms with van der Waals surface area (Å²) in [6.07, 6.45) is 5.39. The van der Waals surface area contributed by atoms with Gasteiger partial charge in [-0.3, -0.25) is 0 Å². The highest BCUT2D eigenvalue weighted by Crippen LogP contribution is 2.40. The molecule has 0 bridgehead atoms. The van der Waals surface area contributed by atoms with E-state index in [1.807, 2.05) is 6.07 Å². The highest BCUT2D eigenvalue weighted by molar-refractivity contribution is 5.57. The molecule has 2 heterocycles. The number of ether oxygens (including phenoxy) is 2. The first-order valence-electron chi connectivity index (χ1n) is 7.68. The summed E-state index contributed by atoms with van der Waals surface area (Å²) >= 11 is 0. The molecular weight excluding hydrogens is 252 g/mol. The summed E-state index contributed by atoms with van der Waals surface area (Å²) in [5.41, 5.74) is 7.48. The Morgan fingerprint density at radius 2 is 1.95 bits per heavy atom. The molecule has 4 heteroatoms. The molecular formula is C16H22N2O2. The molecule has 2 unspecified atom stereocenters. The van der Waals surface area contributed by atoms with Gasteiger partial charge in [0.05, 0.1) is 0 Å². The summed E-state index contributed by atoms with van der Waals surface area (Å²) in [4.78, 5) is 2.42. The zero-order valence-electron chi connectivity index (χ0n) is 11.8. The topological polar surface area (TPSA) is 47.7 Å². The number of hydrogen-bond donors (Lipinski definition) is 1. The van der Waals surface area contributed by atoms with Gasteiger partial charge >= 0.3 is 0 Å². The van der Waals surface area contributed by atoms with E-state index in [0.29, 0.717) is 6.79 Å². The molecule has 0 amide bonds. The summed E-state index contributed by atoms with van der Waals surface area (Å²) in [6.45, 7) is 2.41. The Labute approximate surface area is 119 Å². The van der Waals surface area contributed by atoms with Crippen LogP contribution in [0.4, 0.5) is 5.69 Å². The van der Waals surface area contributed by atoms with E-state index in [1.54, 1.807) is 0 Å².